The van der Waals surface area contributed by atoms with Crippen molar-refractivity contribution in [3.63, 3.8) is 0 Å². The van der Waals surface area contributed by atoms with Gasteiger partial charge in [-0.05, 0) is 30.0 Å². The second-order valence-corrected chi connectivity index (χ2v) is 6.53. The Morgan fingerprint density at radius 1 is 1.41 bits per heavy atom. The maximum absolute atomic E-state index is 12.7. The van der Waals surface area contributed by atoms with Crippen LogP contribution in [-0.2, 0) is 7.05 Å². The number of nitrogens with zero attached hydrogens (tertiary/aromatic N) is 4. The predicted octanol–water partition coefficient (Wildman–Crippen LogP) is 1.59. The first-order valence-electron chi connectivity index (χ1n) is 7.23. The molecular weight excluding hydrogens is 302 g/mol. The number of likely N-dealkylation sites (tertiary alicyclic amines) is 1. The van der Waals surface area contributed by atoms with E-state index in [1.165, 1.54) is 0 Å². The molecule has 1 amide bonds. The first-order chi connectivity index (χ1) is 9.88. The van der Waals surface area contributed by atoms with Gasteiger partial charge in [-0.2, -0.15) is 0 Å². The molecule has 22 heavy (non-hydrogen) atoms. The summed E-state index contributed by atoms with van der Waals surface area (Å²) in [7, 11) is 1.84. The van der Waals surface area contributed by atoms with Gasteiger partial charge in [0, 0.05) is 31.7 Å². The molecule has 1 aliphatic heterocycles. The number of halogens is 1. The van der Waals surface area contributed by atoms with E-state index in [1.807, 2.05) is 30.1 Å². The fourth-order valence-corrected chi connectivity index (χ4v) is 2.90. The molecule has 0 radical (unpaired) electrons. The highest BCUT2D eigenvalue weighted by molar-refractivity contribution is 5.97. The average molecular weight is 324 g/mol. The van der Waals surface area contributed by atoms with Crippen molar-refractivity contribution in [2.24, 2.45) is 18.2 Å². The number of aryl methyl sites for hydroxylation is 1. The van der Waals surface area contributed by atoms with Crippen molar-refractivity contribution in [3.8, 4) is 0 Å². The average Bonchev–Trinajstić information content (AvgIpc) is 2.82. The van der Waals surface area contributed by atoms with Crippen LogP contribution >= 0.6 is 12.4 Å². The van der Waals surface area contributed by atoms with Crippen LogP contribution in [0, 0.1) is 5.41 Å². The quantitative estimate of drug-likeness (QED) is 0.864. The van der Waals surface area contributed by atoms with Crippen LogP contribution in [0.4, 0.5) is 0 Å². The van der Waals surface area contributed by atoms with E-state index in [4.69, 9.17) is 5.73 Å². The van der Waals surface area contributed by atoms with Crippen LogP contribution < -0.4 is 5.73 Å². The molecule has 7 heteroatoms. The molecule has 1 saturated heterocycles. The van der Waals surface area contributed by atoms with Crippen LogP contribution in [-0.4, -0.2) is 44.9 Å². The maximum Gasteiger partial charge on any atom is 0.253 e. The lowest BCUT2D eigenvalue weighted by atomic mass is 9.79. The Kier molecular flexibility index (Phi) is 4.44. The number of benzene rings is 1. The summed E-state index contributed by atoms with van der Waals surface area (Å²) in [5, 5.41) is 8.04. The second kappa shape index (κ2) is 5.85. The lowest BCUT2D eigenvalue weighted by Crippen LogP contribution is -2.53. The van der Waals surface area contributed by atoms with E-state index >= 15 is 0 Å². The van der Waals surface area contributed by atoms with Crippen molar-refractivity contribution in [1.82, 2.24) is 19.9 Å². The highest BCUT2D eigenvalue weighted by Gasteiger charge is 2.35. The van der Waals surface area contributed by atoms with Crippen LogP contribution in [0.3, 0.4) is 0 Å². The Morgan fingerprint density at radius 3 is 2.82 bits per heavy atom. The minimum atomic E-state index is -0.0510. The van der Waals surface area contributed by atoms with Gasteiger partial charge in [-0.25, -0.2) is 4.68 Å². The molecule has 1 atom stereocenters. The summed E-state index contributed by atoms with van der Waals surface area (Å²) in [4.78, 5) is 14.6. The molecule has 1 aromatic heterocycles. The van der Waals surface area contributed by atoms with Gasteiger partial charge in [0.2, 0.25) is 0 Å². The van der Waals surface area contributed by atoms with Crippen LogP contribution in [0.15, 0.2) is 18.2 Å². The van der Waals surface area contributed by atoms with Crippen molar-refractivity contribution in [2.75, 3.05) is 13.1 Å². The van der Waals surface area contributed by atoms with Crippen molar-refractivity contribution < 1.29 is 4.79 Å². The lowest BCUT2D eigenvalue weighted by molar-refractivity contribution is 0.0533. The van der Waals surface area contributed by atoms with Crippen molar-refractivity contribution >= 4 is 29.3 Å². The fraction of sp³-hybridized carbons (Fsp3) is 0.533. The van der Waals surface area contributed by atoms with E-state index in [1.54, 1.807) is 4.68 Å². The van der Waals surface area contributed by atoms with Crippen molar-refractivity contribution in [3.05, 3.63) is 23.8 Å². The summed E-state index contributed by atoms with van der Waals surface area (Å²) < 4.78 is 1.70. The van der Waals surface area contributed by atoms with Crippen LogP contribution in [0.1, 0.15) is 30.6 Å². The normalized spacial score (nSPS) is 20.7. The Labute approximate surface area is 136 Å². The Morgan fingerprint density at radius 2 is 2.14 bits per heavy atom. The van der Waals surface area contributed by atoms with Gasteiger partial charge in [0.15, 0.2) is 0 Å². The standard InChI is InChI=1S/C15H21N5O.ClH/c1-15(2)9-20(7-6-13(15)16)14(21)10-4-5-12-11(8-10)17-18-19(12)3;/h4-5,8,13H,6-7,9,16H2,1-3H3;1H. The molecule has 0 bridgehead atoms. The molecule has 1 aliphatic rings. The number of aromatic nitrogens is 3. The molecule has 1 unspecified atom stereocenters. The number of carbonyl (C=O) groups is 1. The molecule has 3 rings (SSSR count). The predicted molar refractivity (Wildman–Crippen MR) is 88.0 cm³/mol. The lowest BCUT2D eigenvalue weighted by Gasteiger charge is -2.42. The molecule has 6 nitrogen and oxygen atoms in total. The minimum absolute atomic E-state index is 0. The third-order valence-electron chi connectivity index (χ3n) is 4.46. The number of piperidine rings is 1. The van der Waals surface area contributed by atoms with Crippen molar-refractivity contribution in [2.45, 2.75) is 26.3 Å². The van der Waals surface area contributed by atoms with Gasteiger partial charge in [-0.3, -0.25) is 4.79 Å². The van der Waals surface area contributed by atoms with E-state index in [0.29, 0.717) is 18.7 Å². The molecule has 2 N–H and O–H groups in total. The van der Waals surface area contributed by atoms with Gasteiger partial charge in [0.05, 0.1) is 5.52 Å². The summed E-state index contributed by atoms with van der Waals surface area (Å²) in [5.41, 5.74) is 8.41. The van der Waals surface area contributed by atoms with Gasteiger partial charge < -0.3 is 10.6 Å². The zero-order chi connectivity index (χ0) is 15.2. The molecule has 0 aliphatic carbocycles. The maximum atomic E-state index is 12.7. The number of nitrogens with two attached hydrogens (primary N) is 1. The number of hydrogen-bond donors (Lipinski definition) is 1. The summed E-state index contributed by atoms with van der Waals surface area (Å²) in [5.74, 6) is 0.0440. The highest BCUT2D eigenvalue weighted by Crippen LogP contribution is 2.28. The Balaban J connectivity index is 0.00000176. The number of rotatable bonds is 1. The molecule has 0 saturated carbocycles. The number of carbonyl (C=O) groups excluding carboxylic acids is 1. The molecular formula is C15H22ClN5O. The highest BCUT2D eigenvalue weighted by atomic mass is 35.5. The molecule has 0 spiro atoms. The topological polar surface area (TPSA) is 77.0 Å². The minimum Gasteiger partial charge on any atom is -0.338 e. The smallest absolute Gasteiger partial charge is 0.253 e. The molecule has 120 valence electrons. The molecule has 1 fully saturated rings. The second-order valence-electron chi connectivity index (χ2n) is 6.53. The number of fused-ring (bicyclic) bond motifs is 1. The number of amides is 1. The zero-order valence-electron chi connectivity index (χ0n) is 13.1. The largest absolute Gasteiger partial charge is 0.338 e. The molecule has 2 aromatic rings. The monoisotopic (exact) mass is 323 g/mol. The Hall–Kier alpha value is -1.66. The first kappa shape index (κ1) is 16.7. The van der Waals surface area contributed by atoms with E-state index in [-0.39, 0.29) is 29.8 Å². The third-order valence-corrected chi connectivity index (χ3v) is 4.46. The van der Waals surface area contributed by atoms with E-state index < -0.39 is 0 Å². The van der Waals surface area contributed by atoms with Crippen LogP contribution in [0.2, 0.25) is 0 Å². The summed E-state index contributed by atoms with van der Waals surface area (Å²) in [6, 6.07) is 5.69. The van der Waals surface area contributed by atoms with Gasteiger partial charge >= 0.3 is 0 Å². The Bertz CT molecular complexity index is 696. The van der Waals surface area contributed by atoms with E-state index in [9.17, 15) is 4.79 Å². The van der Waals surface area contributed by atoms with Crippen LogP contribution in [0.5, 0.6) is 0 Å². The third kappa shape index (κ3) is 2.80. The van der Waals surface area contributed by atoms with Crippen molar-refractivity contribution in [1.29, 1.82) is 0 Å². The van der Waals surface area contributed by atoms with Gasteiger partial charge in [-0.1, -0.05) is 19.1 Å². The van der Waals surface area contributed by atoms with Gasteiger partial charge in [0.1, 0.15) is 5.52 Å². The summed E-state index contributed by atoms with van der Waals surface area (Å²) >= 11 is 0. The summed E-state index contributed by atoms with van der Waals surface area (Å²) in [6.45, 7) is 5.62. The first-order valence-corrected chi connectivity index (χ1v) is 7.23. The van der Waals surface area contributed by atoms with Gasteiger partial charge in [0.25, 0.3) is 5.91 Å². The van der Waals surface area contributed by atoms with E-state index in [0.717, 1.165) is 17.5 Å². The fourth-order valence-electron chi connectivity index (χ4n) is 2.90. The zero-order valence-corrected chi connectivity index (χ0v) is 13.9. The molecule has 1 aromatic carbocycles. The SMILES string of the molecule is Cl.Cn1nnc2cc(C(=O)N3CCC(N)C(C)(C)C3)ccc21. The van der Waals surface area contributed by atoms with Crippen LogP contribution in [0.25, 0.3) is 11.0 Å². The number of hydrogen-bond acceptors (Lipinski definition) is 4. The molecule has 2 heterocycles. The summed E-state index contributed by atoms with van der Waals surface area (Å²) in [6.07, 6.45) is 0.839. The van der Waals surface area contributed by atoms with E-state index in [2.05, 4.69) is 24.2 Å². The van der Waals surface area contributed by atoms with Gasteiger partial charge in [-0.15, -0.1) is 17.5 Å².